The molecule has 22 heavy (non-hydrogen) atoms. The van der Waals surface area contributed by atoms with Crippen LogP contribution in [0, 0.1) is 0 Å². The van der Waals surface area contributed by atoms with Gasteiger partial charge in [0.1, 0.15) is 0 Å². The number of sulfonamides is 1. The minimum absolute atomic E-state index is 0.223. The maximum absolute atomic E-state index is 12.4. The van der Waals surface area contributed by atoms with Crippen LogP contribution in [0.5, 0.6) is 0 Å². The first-order valence-electron chi connectivity index (χ1n) is 7.81. The second kappa shape index (κ2) is 5.12. The van der Waals surface area contributed by atoms with Gasteiger partial charge in [0.05, 0.1) is 23.0 Å². The van der Waals surface area contributed by atoms with Crippen molar-refractivity contribution < 1.29 is 8.42 Å². The van der Waals surface area contributed by atoms with E-state index in [2.05, 4.69) is 20.8 Å². The Balaban J connectivity index is 1.85. The van der Waals surface area contributed by atoms with E-state index in [9.17, 15) is 8.42 Å². The third kappa shape index (κ3) is 2.41. The van der Waals surface area contributed by atoms with E-state index in [0.29, 0.717) is 0 Å². The minimum atomic E-state index is -3.28. The lowest BCUT2D eigenvalue weighted by Crippen LogP contribution is -2.20. The number of nitrogens with zero attached hydrogens (tertiary/aromatic N) is 1. The van der Waals surface area contributed by atoms with Gasteiger partial charge in [-0.25, -0.2) is 13.4 Å². The van der Waals surface area contributed by atoms with Gasteiger partial charge >= 0.3 is 0 Å². The molecule has 1 heterocycles. The van der Waals surface area contributed by atoms with Gasteiger partial charge in [0.15, 0.2) is 0 Å². The van der Waals surface area contributed by atoms with E-state index in [-0.39, 0.29) is 5.25 Å². The Morgan fingerprint density at radius 1 is 1.18 bits per heavy atom. The lowest BCUT2D eigenvalue weighted by molar-refractivity contribution is 0.599. The molecular weight excluding hydrogens is 298 g/mol. The van der Waals surface area contributed by atoms with E-state index in [1.54, 1.807) is 12.5 Å². The Morgan fingerprint density at radius 3 is 2.73 bits per heavy atom. The smallest absolute Gasteiger partial charge is 0.235 e. The SMILES string of the molecule is O=S(=O)(Nc1c(-c2c[nH]cn2)ccc2c1CCCC2)C1CC1. The summed E-state index contributed by atoms with van der Waals surface area (Å²) in [5, 5.41) is -0.223. The Hall–Kier alpha value is -1.82. The molecule has 0 unspecified atom stereocenters. The van der Waals surface area contributed by atoms with E-state index in [1.165, 1.54) is 12.0 Å². The number of aryl methyl sites for hydroxylation is 1. The molecule has 6 heteroatoms. The summed E-state index contributed by atoms with van der Waals surface area (Å²) >= 11 is 0. The summed E-state index contributed by atoms with van der Waals surface area (Å²) in [6.07, 6.45) is 9.18. The highest BCUT2D eigenvalue weighted by molar-refractivity contribution is 7.93. The number of fused-ring (bicyclic) bond motifs is 1. The molecule has 0 saturated heterocycles. The number of H-pyrrole nitrogens is 1. The number of nitrogens with one attached hydrogen (secondary N) is 2. The second-order valence-electron chi connectivity index (χ2n) is 6.13. The molecular formula is C16H19N3O2S. The molecule has 2 aromatic rings. The molecule has 0 aliphatic heterocycles. The van der Waals surface area contributed by atoms with Crippen molar-refractivity contribution in [3.63, 3.8) is 0 Å². The third-order valence-corrected chi connectivity index (χ3v) is 6.35. The molecule has 0 radical (unpaired) electrons. The Bertz CT molecular complexity index is 793. The van der Waals surface area contributed by atoms with Crippen LogP contribution < -0.4 is 4.72 Å². The zero-order valence-corrected chi connectivity index (χ0v) is 13.1. The normalized spacial score (nSPS) is 18.0. The van der Waals surface area contributed by atoms with Crippen molar-refractivity contribution in [2.75, 3.05) is 4.72 Å². The van der Waals surface area contributed by atoms with E-state index < -0.39 is 10.0 Å². The fourth-order valence-corrected chi connectivity index (χ4v) is 4.61. The van der Waals surface area contributed by atoms with Gasteiger partial charge in [-0.2, -0.15) is 0 Å². The quantitative estimate of drug-likeness (QED) is 0.910. The predicted octanol–water partition coefficient (Wildman–Crippen LogP) is 2.86. The molecule has 1 aromatic carbocycles. The summed E-state index contributed by atoms with van der Waals surface area (Å²) in [4.78, 5) is 7.24. The van der Waals surface area contributed by atoms with Crippen LogP contribution in [-0.2, 0) is 22.9 Å². The molecule has 5 nitrogen and oxygen atoms in total. The number of hydrogen-bond donors (Lipinski definition) is 2. The van der Waals surface area contributed by atoms with E-state index in [4.69, 9.17) is 0 Å². The standard InChI is InChI=1S/C16H19N3O2S/c20-22(21,12-6-7-12)19-16-13-4-2-1-3-11(13)5-8-14(16)15-9-17-10-18-15/h5,8-10,12,19H,1-4,6-7H2,(H,17,18). The molecule has 0 bridgehead atoms. The zero-order valence-electron chi connectivity index (χ0n) is 12.3. The van der Waals surface area contributed by atoms with Gasteiger partial charge in [-0.05, 0) is 49.7 Å². The molecule has 1 saturated carbocycles. The van der Waals surface area contributed by atoms with Gasteiger partial charge in [-0.3, -0.25) is 4.72 Å². The number of rotatable bonds is 4. The van der Waals surface area contributed by atoms with E-state index >= 15 is 0 Å². The van der Waals surface area contributed by atoms with Gasteiger partial charge in [-0.1, -0.05) is 12.1 Å². The van der Waals surface area contributed by atoms with Gasteiger partial charge in [0.25, 0.3) is 0 Å². The maximum Gasteiger partial charge on any atom is 0.235 e. The van der Waals surface area contributed by atoms with Crippen LogP contribution in [0.4, 0.5) is 5.69 Å². The fourth-order valence-electron chi connectivity index (χ4n) is 3.17. The van der Waals surface area contributed by atoms with Crippen LogP contribution in [-0.4, -0.2) is 23.6 Å². The van der Waals surface area contributed by atoms with Crippen LogP contribution in [0.25, 0.3) is 11.3 Å². The predicted molar refractivity (Wildman–Crippen MR) is 86.2 cm³/mol. The molecule has 1 fully saturated rings. The molecule has 1 aromatic heterocycles. The Morgan fingerprint density at radius 2 is 2.00 bits per heavy atom. The highest BCUT2D eigenvalue weighted by Gasteiger charge is 2.36. The summed E-state index contributed by atoms with van der Waals surface area (Å²) in [7, 11) is -3.28. The van der Waals surface area contributed by atoms with Crippen molar-refractivity contribution in [2.24, 2.45) is 0 Å². The maximum atomic E-state index is 12.4. The Labute approximate surface area is 130 Å². The monoisotopic (exact) mass is 317 g/mol. The second-order valence-corrected chi connectivity index (χ2v) is 8.09. The number of aromatic nitrogens is 2. The van der Waals surface area contributed by atoms with Gasteiger partial charge in [0, 0.05) is 11.8 Å². The van der Waals surface area contributed by atoms with Crippen LogP contribution in [0.15, 0.2) is 24.7 Å². The Kier molecular flexibility index (Phi) is 3.22. The largest absolute Gasteiger partial charge is 0.351 e. The topological polar surface area (TPSA) is 74.8 Å². The first-order chi connectivity index (χ1) is 10.6. The lowest BCUT2D eigenvalue weighted by atomic mass is 9.88. The van der Waals surface area contributed by atoms with Gasteiger partial charge < -0.3 is 4.98 Å². The zero-order chi connectivity index (χ0) is 15.2. The first kappa shape index (κ1) is 13.8. The summed E-state index contributed by atoms with van der Waals surface area (Å²) in [6, 6.07) is 4.11. The van der Waals surface area contributed by atoms with E-state index in [1.807, 2.05) is 6.07 Å². The number of anilines is 1. The lowest BCUT2D eigenvalue weighted by Gasteiger charge is -2.22. The highest BCUT2D eigenvalue weighted by atomic mass is 32.2. The van der Waals surface area contributed by atoms with Crippen molar-refractivity contribution in [2.45, 2.75) is 43.8 Å². The first-order valence-corrected chi connectivity index (χ1v) is 9.35. The highest BCUT2D eigenvalue weighted by Crippen LogP contribution is 2.38. The number of imidazole rings is 1. The number of hydrogen-bond acceptors (Lipinski definition) is 3. The minimum Gasteiger partial charge on any atom is -0.351 e. The average molecular weight is 317 g/mol. The van der Waals surface area contributed by atoms with Crippen molar-refractivity contribution in [1.29, 1.82) is 0 Å². The third-order valence-electron chi connectivity index (χ3n) is 4.51. The van der Waals surface area contributed by atoms with E-state index in [0.717, 1.165) is 54.6 Å². The summed E-state index contributed by atoms with van der Waals surface area (Å²) in [6.45, 7) is 0. The summed E-state index contributed by atoms with van der Waals surface area (Å²) < 4.78 is 27.7. The summed E-state index contributed by atoms with van der Waals surface area (Å²) in [5.41, 5.74) is 4.80. The molecule has 2 N–H and O–H groups in total. The number of aromatic amines is 1. The number of benzene rings is 1. The average Bonchev–Trinajstić information content (AvgIpc) is 3.25. The molecule has 116 valence electrons. The van der Waals surface area contributed by atoms with Crippen molar-refractivity contribution in [3.8, 4) is 11.3 Å². The van der Waals surface area contributed by atoms with Crippen molar-refractivity contribution >= 4 is 15.7 Å². The molecule has 2 aliphatic carbocycles. The van der Waals surface area contributed by atoms with Gasteiger partial charge in [-0.15, -0.1) is 0 Å². The fraction of sp³-hybridized carbons (Fsp3) is 0.438. The van der Waals surface area contributed by atoms with Crippen LogP contribution >= 0.6 is 0 Å². The van der Waals surface area contributed by atoms with Crippen LogP contribution in [0.1, 0.15) is 36.8 Å². The van der Waals surface area contributed by atoms with Crippen molar-refractivity contribution in [1.82, 2.24) is 9.97 Å². The molecule has 0 spiro atoms. The molecule has 2 aliphatic rings. The van der Waals surface area contributed by atoms with Crippen LogP contribution in [0.3, 0.4) is 0 Å². The summed E-state index contributed by atoms with van der Waals surface area (Å²) in [5.74, 6) is 0. The van der Waals surface area contributed by atoms with Crippen molar-refractivity contribution in [3.05, 3.63) is 35.8 Å². The molecule has 0 atom stereocenters. The van der Waals surface area contributed by atoms with Gasteiger partial charge in [0.2, 0.25) is 10.0 Å². The molecule has 0 amide bonds. The molecule has 4 rings (SSSR count). The van der Waals surface area contributed by atoms with Crippen LogP contribution in [0.2, 0.25) is 0 Å².